The number of carbonyl (C=O) groups excluding carboxylic acids is 1. The van der Waals surface area contributed by atoms with Crippen molar-refractivity contribution in [3.63, 3.8) is 0 Å². The summed E-state index contributed by atoms with van der Waals surface area (Å²) in [6.07, 6.45) is 5.26. The Bertz CT molecular complexity index is 155. The molecule has 0 amide bonds. The normalized spacial score (nSPS) is 9.64. The van der Waals surface area contributed by atoms with Gasteiger partial charge in [0, 0.05) is 0 Å². The molecule has 0 bridgehead atoms. The zero-order valence-corrected chi connectivity index (χ0v) is 7.91. The second-order valence-electron chi connectivity index (χ2n) is 2.83. The molecule has 0 aromatic rings. The van der Waals surface area contributed by atoms with E-state index in [0.717, 1.165) is 5.75 Å². The zero-order valence-electron chi connectivity index (χ0n) is 7.09. The van der Waals surface area contributed by atoms with Gasteiger partial charge in [-0.2, -0.15) is 11.8 Å². The van der Waals surface area contributed by atoms with E-state index < -0.39 is 0 Å². The Morgan fingerprint density at radius 3 is 2.73 bits per heavy atom. The first-order valence-electron chi connectivity index (χ1n) is 3.69. The standard InChI is InChI=1S/C9H14OS/c1-4-5-9(10)7-11-6-8(2)3/h1,8H,5-7H2,2-3H3. The Morgan fingerprint density at radius 2 is 2.27 bits per heavy atom. The summed E-state index contributed by atoms with van der Waals surface area (Å²) in [5.41, 5.74) is 0. The van der Waals surface area contributed by atoms with Crippen LogP contribution in [0.3, 0.4) is 0 Å². The third kappa shape index (κ3) is 7.48. The van der Waals surface area contributed by atoms with E-state index in [0.29, 0.717) is 11.7 Å². The van der Waals surface area contributed by atoms with Gasteiger partial charge < -0.3 is 0 Å². The molecule has 0 unspecified atom stereocenters. The van der Waals surface area contributed by atoms with Crippen molar-refractivity contribution >= 4 is 17.5 Å². The minimum atomic E-state index is 0.165. The van der Waals surface area contributed by atoms with Crippen LogP contribution in [-0.4, -0.2) is 17.3 Å². The molecule has 0 aromatic carbocycles. The van der Waals surface area contributed by atoms with Gasteiger partial charge in [-0.3, -0.25) is 4.79 Å². The number of hydrogen-bond acceptors (Lipinski definition) is 2. The van der Waals surface area contributed by atoms with Gasteiger partial charge >= 0.3 is 0 Å². The number of hydrogen-bond donors (Lipinski definition) is 0. The largest absolute Gasteiger partial charge is 0.298 e. The lowest BCUT2D eigenvalue weighted by Gasteiger charge is -2.01. The Labute approximate surface area is 72.9 Å². The molecule has 1 nitrogen and oxygen atoms in total. The monoisotopic (exact) mass is 170 g/mol. The lowest BCUT2D eigenvalue weighted by atomic mass is 10.3. The van der Waals surface area contributed by atoms with Crippen LogP contribution in [0.2, 0.25) is 0 Å². The number of rotatable bonds is 5. The van der Waals surface area contributed by atoms with E-state index in [2.05, 4.69) is 19.8 Å². The van der Waals surface area contributed by atoms with Gasteiger partial charge in [-0.1, -0.05) is 19.8 Å². The third-order valence-corrected chi connectivity index (χ3v) is 2.44. The summed E-state index contributed by atoms with van der Waals surface area (Å²) in [4.78, 5) is 10.9. The summed E-state index contributed by atoms with van der Waals surface area (Å²) in [7, 11) is 0. The van der Waals surface area contributed by atoms with Crippen molar-refractivity contribution in [3.8, 4) is 12.3 Å². The van der Waals surface area contributed by atoms with Gasteiger partial charge in [0.15, 0.2) is 5.78 Å². The summed E-state index contributed by atoms with van der Waals surface area (Å²) < 4.78 is 0. The van der Waals surface area contributed by atoms with E-state index in [4.69, 9.17) is 6.42 Å². The van der Waals surface area contributed by atoms with Crippen molar-refractivity contribution in [3.05, 3.63) is 0 Å². The summed E-state index contributed by atoms with van der Waals surface area (Å²) in [6, 6.07) is 0. The number of carbonyl (C=O) groups is 1. The smallest absolute Gasteiger partial charge is 0.154 e. The van der Waals surface area contributed by atoms with E-state index >= 15 is 0 Å². The Hall–Kier alpha value is -0.420. The molecule has 2 heteroatoms. The predicted octanol–water partition coefficient (Wildman–Crippen LogP) is 1.97. The minimum Gasteiger partial charge on any atom is -0.298 e. The Morgan fingerprint density at radius 1 is 1.64 bits per heavy atom. The van der Waals surface area contributed by atoms with Crippen molar-refractivity contribution in [1.82, 2.24) is 0 Å². The first-order valence-corrected chi connectivity index (χ1v) is 4.85. The molecule has 62 valence electrons. The molecule has 0 N–H and O–H groups in total. The van der Waals surface area contributed by atoms with Crippen LogP contribution >= 0.6 is 11.8 Å². The maximum absolute atomic E-state index is 10.9. The van der Waals surface area contributed by atoms with Gasteiger partial charge in [-0.15, -0.1) is 6.42 Å². The van der Waals surface area contributed by atoms with Gasteiger partial charge in [-0.25, -0.2) is 0 Å². The highest BCUT2D eigenvalue weighted by Crippen LogP contribution is 2.07. The molecule has 0 aliphatic heterocycles. The highest BCUT2D eigenvalue weighted by Gasteiger charge is 2.00. The fourth-order valence-corrected chi connectivity index (χ4v) is 1.49. The second kappa shape index (κ2) is 6.30. The summed E-state index contributed by atoms with van der Waals surface area (Å²) in [6.45, 7) is 4.28. The number of ketones is 1. The fraction of sp³-hybridized carbons (Fsp3) is 0.667. The quantitative estimate of drug-likeness (QED) is 0.587. The average Bonchev–Trinajstić information content (AvgIpc) is 1.87. The Balaban J connectivity index is 3.26. The van der Waals surface area contributed by atoms with Crippen molar-refractivity contribution in [2.75, 3.05) is 11.5 Å². The molecule has 0 saturated heterocycles. The summed E-state index contributed by atoms with van der Waals surface area (Å²) >= 11 is 1.66. The highest BCUT2D eigenvalue weighted by atomic mass is 32.2. The number of Topliss-reactive ketones (excluding diaryl/α,β-unsaturated/α-hetero) is 1. The highest BCUT2D eigenvalue weighted by molar-refractivity contribution is 7.99. The molecular formula is C9H14OS. The predicted molar refractivity (Wildman–Crippen MR) is 50.6 cm³/mol. The van der Waals surface area contributed by atoms with E-state index in [9.17, 15) is 4.79 Å². The van der Waals surface area contributed by atoms with Crippen LogP contribution in [0.4, 0.5) is 0 Å². The van der Waals surface area contributed by atoms with Gasteiger partial charge in [0.05, 0.1) is 12.2 Å². The van der Waals surface area contributed by atoms with Crippen LogP contribution in [-0.2, 0) is 4.79 Å². The summed E-state index contributed by atoms with van der Waals surface area (Å²) in [5.74, 6) is 4.77. The molecule has 0 aromatic heterocycles. The van der Waals surface area contributed by atoms with Crippen LogP contribution in [0.15, 0.2) is 0 Å². The number of terminal acetylenes is 1. The van der Waals surface area contributed by atoms with E-state index in [1.807, 2.05) is 0 Å². The molecule has 11 heavy (non-hydrogen) atoms. The number of thioether (sulfide) groups is 1. The maximum atomic E-state index is 10.9. The molecule has 0 radical (unpaired) electrons. The minimum absolute atomic E-state index is 0.165. The average molecular weight is 170 g/mol. The van der Waals surface area contributed by atoms with Crippen molar-refractivity contribution in [1.29, 1.82) is 0 Å². The van der Waals surface area contributed by atoms with Crippen LogP contribution < -0.4 is 0 Å². The molecule has 0 spiro atoms. The van der Waals surface area contributed by atoms with Crippen molar-refractivity contribution < 1.29 is 4.79 Å². The molecule has 0 aliphatic carbocycles. The van der Waals surface area contributed by atoms with Gasteiger partial charge in [0.25, 0.3) is 0 Å². The SMILES string of the molecule is C#CCC(=O)CSCC(C)C. The van der Waals surface area contributed by atoms with Crippen LogP contribution in [0, 0.1) is 18.3 Å². The lowest BCUT2D eigenvalue weighted by Crippen LogP contribution is -2.02. The third-order valence-electron chi connectivity index (χ3n) is 1.01. The zero-order chi connectivity index (χ0) is 8.69. The fourth-order valence-electron chi connectivity index (χ4n) is 0.573. The van der Waals surface area contributed by atoms with Gasteiger partial charge in [-0.05, 0) is 11.7 Å². The lowest BCUT2D eigenvalue weighted by molar-refractivity contribution is -0.115. The topological polar surface area (TPSA) is 17.1 Å². The maximum Gasteiger partial charge on any atom is 0.154 e. The molecule has 0 rings (SSSR count). The van der Waals surface area contributed by atoms with Crippen LogP contribution in [0.25, 0.3) is 0 Å². The molecule has 0 heterocycles. The Kier molecular flexibility index (Phi) is 6.06. The first kappa shape index (κ1) is 10.6. The molecule has 0 atom stereocenters. The second-order valence-corrected chi connectivity index (χ2v) is 3.86. The van der Waals surface area contributed by atoms with E-state index in [-0.39, 0.29) is 12.2 Å². The van der Waals surface area contributed by atoms with Gasteiger partial charge in [0.2, 0.25) is 0 Å². The molecular weight excluding hydrogens is 156 g/mol. The van der Waals surface area contributed by atoms with Gasteiger partial charge in [0.1, 0.15) is 0 Å². The van der Waals surface area contributed by atoms with E-state index in [1.54, 1.807) is 11.8 Å². The molecule has 0 saturated carbocycles. The van der Waals surface area contributed by atoms with E-state index in [1.165, 1.54) is 0 Å². The first-order chi connectivity index (χ1) is 5.16. The summed E-state index contributed by atoms with van der Waals surface area (Å²) in [5, 5.41) is 0. The van der Waals surface area contributed by atoms with Crippen LogP contribution in [0.1, 0.15) is 20.3 Å². The van der Waals surface area contributed by atoms with Crippen molar-refractivity contribution in [2.45, 2.75) is 20.3 Å². The van der Waals surface area contributed by atoms with Crippen molar-refractivity contribution in [2.24, 2.45) is 5.92 Å². The van der Waals surface area contributed by atoms with Crippen LogP contribution in [0.5, 0.6) is 0 Å². The molecule has 0 aliphatic rings. The molecule has 0 fully saturated rings.